The minimum atomic E-state index is -0.0809. The van der Waals surface area contributed by atoms with Gasteiger partial charge < -0.3 is 14.6 Å². The molecule has 19 heavy (non-hydrogen) atoms. The zero-order valence-corrected chi connectivity index (χ0v) is 11.9. The molecule has 0 radical (unpaired) electrons. The van der Waals surface area contributed by atoms with E-state index in [0.717, 1.165) is 26.2 Å². The van der Waals surface area contributed by atoms with Gasteiger partial charge in [-0.3, -0.25) is 4.90 Å². The number of benzene rings is 1. The molecular formula is C14H20ClNO3. The largest absolute Gasteiger partial charge is 0.490 e. The highest BCUT2D eigenvalue weighted by Gasteiger charge is 2.20. The number of likely N-dealkylation sites (N-methyl/N-ethyl adjacent to an activating group) is 1. The predicted molar refractivity (Wildman–Crippen MR) is 74.7 cm³/mol. The van der Waals surface area contributed by atoms with Crippen LogP contribution in [0.5, 0.6) is 5.75 Å². The van der Waals surface area contributed by atoms with Gasteiger partial charge in [-0.2, -0.15) is 0 Å². The van der Waals surface area contributed by atoms with Crippen molar-refractivity contribution in [2.24, 2.45) is 0 Å². The molecule has 0 amide bonds. The van der Waals surface area contributed by atoms with E-state index in [-0.39, 0.29) is 12.7 Å². The van der Waals surface area contributed by atoms with Gasteiger partial charge in [0.1, 0.15) is 18.5 Å². The van der Waals surface area contributed by atoms with Crippen LogP contribution in [0.15, 0.2) is 18.2 Å². The van der Waals surface area contributed by atoms with Gasteiger partial charge in [0, 0.05) is 23.7 Å². The Kier molecular flexibility index (Phi) is 5.45. The summed E-state index contributed by atoms with van der Waals surface area (Å²) in [6, 6.07) is 5.27. The van der Waals surface area contributed by atoms with Crippen LogP contribution in [0.1, 0.15) is 12.5 Å². The van der Waals surface area contributed by atoms with Crippen LogP contribution in [0.4, 0.5) is 0 Å². The van der Waals surface area contributed by atoms with Crippen molar-refractivity contribution in [2.45, 2.75) is 19.6 Å². The van der Waals surface area contributed by atoms with Crippen molar-refractivity contribution in [3.8, 4) is 5.75 Å². The van der Waals surface area contributed by atoms with Crippen molar-refractivity contribution >= 4 is 11.6 Å². The van der Waals surface area contributed by atoms with Crippen LogP contribution >= 0.6 is 11.6 Å². The third kappa shape index (κ3) is 4.08. The maximum atomic E-state index is 9.28. The van der Waals surface area contributed by atoms with Crippen LogP contribution in [0.25, 0.3) is 0 Å². The number of ether oxygens (including phenoxy) is 2. The number of hydrogen-bond acceptors (Lipinski definition) is 4. The summed E-state index contributed by atoms with van der Waals surface area (Å²) >= 11 is 5.88. The van der Waals surface area contributed by atoms with Gasteiger partial charge in [0.15, 0.2) is 0 Å². The second kappa shape index (κ2) is 7.10. The average Bonchev–Trinajstić information content (AvgIpc) is 2.46. The first kappa shape index (κ1) is 14.6. The second-order valence-corrected chi connectivity index (χ2v) is 5.04. The fourth-order valence-corrected chi connectivity index (χ4v) is 2.36. The molecule has 1 aromatic rings. The summed E-state index contributed by atoms with van der Waals surface area (Å²) in [4.78, 5) is 2.34. The highest BCUT2D eigenvalue weighted by Crippen LogP contribution is 2.23. The summed E-state index contributed by atoms with van der Waals surface area (Å²) < 4.78 is 11.4. The van der Waals surface area contributed by atoms with E-state index in [1.165, 1.54) is 0 Å². The smallest absolute Gasteiger partial charge is 0.125 e. The number of hydrogen-bond donors (Lipinski definition) is 1. The molecule has 1 unspecified atom stereocenters. The van der Waals surface area contributed by atoms with E-state index in [9.17, 15) is 5.11 Å². The molecule has 1 N–H and O–H groups in total. The van der Waals surface area contributed by atoms with Crippen molar-refractivity contribution < 1.29 is 14.6 Å². The Morgan fingerprint density at radius 2 is 2.37 bits per heavy atom. The third-order valence-corrected chi connectivity index (χ3v) is 3.52. The lowest BCUT2D eigenvalue weighted by Crippen LogP contribution is -2.44. The summed E-state index contributed by atoms with van der Waals surface area (Å²) in [7, 11) is 0. The molecule has 2 rings (SSSR count). The quantitative estimate of drug-likeness (QED) is 0.898. The van der Waals surface area contributed by atoms with Crippen LogP contribution in [-0.2, 0) is 11.3 Å². The summed E-state index contributed by atoms with van der Waals surface area (Å²) in [6.45, 7) is 6.20. The SMILES string of the molecule is CCN1CCOC(COc2ccc(Cl)cc2CO)C1. The van der Waals surface area contributed by atoms with Crippen LogP contribution in [0.2, 0.25) is 5.02 Å². The molecule has 106 valence electrons. The Bertz CT molecular complexity index is 414. The molecule has 0 aromatic heterocycles. The monoisotopic (exact) mass is 285 g/mol. The molecule has 0 saturated carbocycles. The number of halogens is 1. The highest BCUT2D eigenvalue weighted by atomic mass is 35.5. The van der Waals surface area contributed by atoms with Gasteiger partial charge in [-0.15, -0.1) is 0 Å². The van der Waals surface area contributed by atoms with Gasteiger partial charge in [-0.25, -0.2) is 0 Å². The van der Waals surface area contributed by atoms with E-state index in [1.807, 2.05) is 0 Å². The zero-order chi connectivity index (χ0) is 13.7. The van der Waals surface area contributed by atoms with Crippen molar-refractivity contribution in [3.05, 3.63) is 28.8 Å². The highest BCUT2D eigenvalue weighted by molar-refractivity contribution is 6.30. The Morgan fingerprint density at radius 1 is 1.53 bits per heavy atom. The van der Waals surface area contributed by atoms with Crippen LogP contribution in [0, 0.1) is 0 Å². The van der Waals surface area contributed by atoms with E-state index < -0.39 is 0 Å². The van der Waals surface area contributed by atoms with Gasteiger partial charge in [-0.05, 0) is 24.7 Å². The lowest BCUT2D eigenvalue weighted by Gasteiger charge is -2.32. The Labute approximate surface area is 118 Å². The standard InChI is InChI=1S/C14H20ClNO3/c1-2-16-5-6-18-13(8-16)10-19-14-4-3-12(15)7-11(14)9-17/h3-4,7,13,17H,2,5-6,8-10H2,1H3. The van der Waals surface area contributed by atoms with Gasteiger partial charge in [0.25, 0.3) is 0 Å². The molecule has 1 fully saturated rings. The van der Waals surface area contributed by atoms with Gasteiger partial charge in [-0.1, -0.05) is 18.5 Å². The van der Waals surface area contributed by atoms with Crippen LogP contribution in [0.3, 0.4) is 0 Å². The fourth-order valence-electron chi connectivity index (χ4n) is 2.16. The normalized spacial score (nSPS) is 20.5. The Hall–Kier alpha value is -0.810. The zero-order valence-electron chi connectivity index (χ0n) is 11.1. The lowest BCUT2D eigenvalue weighted by molar-refractivity contribution is -0.0466. The predicted octanol–water partition coefficient (Wildman–Crippen LogP) is 1.93. The molecule has 1 aliphatic rings. The van der Waals surface area contributed by atoms with Crippen molar-refractivity contribution in [2.75, 3.05) is 32.8 Å². The van der Waals surface area contributed by atoms with Crippen LogP contribution in [-0.4, -0.2) is 49.0 Å². The second-order valence-electron chi connectivity index (χ2n) is 4.61. The van der Waals surface area contributed by atoms with Crippen molar-refractivity contribution in [1.82, 2.24) is 4.90 Å². The minimum Gasteiger partial charge on any atom is -0.490 e. The van der Waals surface area contributed by atoms with Crippen molar-refractivity contribution in [3.63, 3.8) is 0 Å². The number of nitrogens with zero attached hydrogens (tertiary/aromatic N) is 1. The molecule has 1 saturated heterocycles. The third-order valence-electron chi connectivity index (χ3n) is 3.29. The van der Waals surface area contributed by atoms with Gasteiger partial charge in [0.2, 0.25) is 0 Å². The molecule has 0 spiro atoms. The Balaban J connectivity index is 1.91. The Morgan fingerprint density at radius 3 is 3.11 bits per heavy atom. The first-order valence-corrected chi connectivity index (χ1v) is 6.96. The first-order valence-electron chi connectivity index (χ1n) is 6.59. The van der Waals surface area contributed by atoms with E-state index in [4.69, 9.17) is 21.1 Å². The van der Waals surface area contributed by atoms with E-state index in [1.54, 1.807) is 18.2 Å². The molecule has 5 heteroatoms. The van der Waals surface area contributed by atoms with Gasteiger partial charge in [0.05, 0.1) is 13.2 Å². The number of aliphatic hydroxyl groups excluding tert-OH is 1. The molecule has 1 aliphatic heterocycles. The maximum absolute atomic E-state index is 9.28. The lowest BCUT2D eigenvalue weighted by atomic mass is 10.2. The van der Waals surface area contributed by atoms with E-state index >= 15 is 0 Å². The average molecular weight is 286 g/mol. The van der Waals surface area contributed by atoms with Crippen LogP contribution < -0.4 is 4.74 Å². The maximum Gasteiger partial charge on any atom is 0.125 e. The molecule has 1 aromatic carbocycles. The number of morpholine rings is 1. The number of rotatable bonds is 5. The van der Waals surface area contributed by atoms with Crippen molar-refractivity contribution in [1.29, 1.82) is 0 Å². The summed E-state index contributed by atoms with van der Waals surface area (Å²) in [5, 5.41) is 9.88. The number of aliphatic hydroxyl groups is 1. The molecule has 4 nitrogen and oxygen atoms in total. The van der Waals surface area contributed by atoms with Gasteiger partial charge >= 0.3 is 0 Å². The molecule has 0 aliphatic carbocycles. The van der Waals surface area contributed by atoms with E-state index in [0.29, 0.717) is 22.9 Å². The molecule has 0 bridgehead atoms. The topological polar surface area (TPSA) is 41.9 Å². The fraction of sp³-hybridized carbons (Fsp3) is 0.571. The molecule has 1 heterocycles. The summed E-state index contributed by atoms with van der Waals surface area (Å²) in [6.07, 6.45) is 0.0796. The minimum absolute atomic E-state index is 0.0796. The molecule has 1 atom stereocenters. The summed E-state index contributed by atoms with van der Waals surface area (Å²) in [5.41, 5.74) is 0.704. The van der Waals surface area contributed by atoms with E-state index in [2.05, 4.69) is 11.8 Å². The first-order chi connectivity index (χ1) is 9.22. The summed E-state index contributed by atoms with van der Waals surface area (Å²) in [5.74, 6) is 0.670. The molecular weight excluding hydrogens is 266 g/mol.